The number of anilines is 1. The summed E-state index contributed by atoms with van der Waals surface area (Å²) in [5, 5.41) is 2.78. The third-order valence-corrected chi connectivity index (χ3v) is 4.53. The molecule has 0 aromatic carbocycles. The third kappa shape index (κ3) is 3.77. The van der Waals surface area contributed by atoms with Crippen LogP contribution in [-0.4, -0.2) is 17.5 Å². The van der Waals surface area contributed by atoms with Crippen molar-refractivity contribution in [2.45, 2.75) is 6.92 Å². The molecule has 0 bridgehead atoms. The van der Waals surface area contributed by atoms with E-state index in [-0.39, 0.29) is 5.91 Å². The summed E-state index contributed by atoms with van der Waals surface area (Å²) in [6, 6.07) is 5.25. The van der Waals surface area contributed by atoms with Gasteiger partial charge in [-0.2, -0.15) is 0 Å². The Hall–Kier alpha value is -0.920. The smallest absolute Gasteiger partial charge is 0.257 e. The van der Waals surface area contributed by atoms with Crippen molar-refractivity contribution in [2.24, 2.45) is 0 Å². The molecule has 0 fully saturated rings. The van der Waals surface area contributed by atoms with Gasteiger partial charge in [0.05, 0.1) is 31.6 Å². The lowest BCUT2D eigenvalue weighted by Crippen LogP contribution is -2.11. The van der Waals surface area contributed by atoms with Gasteiger partial charge in [0, 0.05) is 6.07 Å². The van der Waals surface area contributed by atoms with Gasteiger partial charge >= 0.3 is 0 Å². The van der Waals surface area contributed by atoms with Crippen LogP contribution < -0.4 is 10.1 Å². The predicted molar refractivity (Wildman–Crippen MR) is 83.1 cm³/mol. The fraction of sp³-hybridized carbons (Fsp3) is 0.167. The molecule has 19 heavy (non-hydrogen) atoms. The van der Waals surface area contributed by atoms with Crippen LogP contribution in [0.15, 0.2) is 32.0 Å². The van der Waals surface area contributed by atoms with Crippen molar-refractivity contribution in [1.29, 1.82) is 0 Å². The largest absolute Gasteiger partial charge is 0.478 e. The Labute approximate surface area is 131 Å². The molecule has 0 atom stereocenters. The first-order valence-electron chi connectivity index (χ1n) is 5.45. The summed E-state index contributed by atoms with van der Waals surface area (Å²) in [5.41, 5.74) is 1.22. The lowest BCUT2D eigenvalue weighted by atomic mass is 10.3. The molecular formula is C12H10Br2N2O2S. The molecule has 0 spiro atoms. The molecule has 2 aromatic rings. The Bertz CT molecular complexity index is 584. The number of hydrogen-bond acceptors (Lipinski definition) is 4. The average molecular weight is 406 g/mol. The third-order valence-electron chi connectivity index (χ3n) is 2.19. The van der Waals surface area contributed by atoms with Crippen LogP contribution >= 0.6 is 43.2 Å². The molecule has 0 saturated carbocycles. The summed E-state index contributed by atoms with van der Waals surface area (Å²) in [7, 11) is 0. The molecule has 2 aromatic heterocycles. The van der Waals surface area contributed by atoms with Crippen LogP contribution in [0.4, 0.5) is 5.69 Å². The fourth-order valence-corrected chi connectivity index (χ4v) is 4.17. The minimum Gasteiger partial charge on any atom is -0.478 e. The summed E-state index contributed by atoms with van der Waals surface area (Å²) >= 11 is 8.15. The highest BCUT2D eigenvalue weighted by atomic mass is 79.9. The molecule has 100 valence electrons. The summed E-state index contributed by atoms with van der Waals surface area (Å²) in [6.07, 6.45) is 1.57. The van der Waals surface area contributed by atoms with Gasteiger partial charge in [0.1, 0.15) is 0 Å². The maximum Gasteiger partial charge on any atom is 0.257 e. The zero-order chi connectivity index (χ0) is 13.8. The lowest BCUT2D eigenvalue weighted by molar-refractivity contribution is 0.102. The van der Waals surface area contributed by atoms with Crippen molar-refractivity contribution in [3.63, 3.8) is 0 Å². The minimum atomic E-state index is -0.181. The van der Waals surface area contributed by atoms with Crippen molar-refractivity contribution in [1.82, 2.24) is 4.98 Å². The van der Waals surface area contributed by atoms with Crippen LogP contribution in [0, 0.1) is 0 Å². The molecule has 1 N–H and O–H groups in total. The number of nitrogens with zero attached hydrogens (tertiary/aromatic N) is 1. The number of pyridine rings is 1. The highest BCUT2D eigenvalue weighted by Gasteiger charge is 2.13. The van der Waals surface area contributed by atoms with Gasteiger partial charge in [0.15, 0.2) is 0 Å². The van der Waals surface area contributed by atoms with Crippen molar-refractivity contribution in [2.75, 3.05) is 11.9 Å². The van der Waals surface area contributed by atoms with Gasteiger partial charge in [0.25, 0.3) is 5.91 Å². The summed E-state index contributed by atoms with van der Waals surface area (Å²) in [4.78, 5) is 16.1. The molecule has 0 aliphatic heterocycles. The van der Waals surface area contributed by atoms with Crippen LogP contribution in [0.25, 0.3) is 0 Å². The van der Waals surface area contributed by atoms with E-state index in [1.54, 1.807) is 24.4 Å². The number of carbonyl (C=O) groups excluding carboxylic acids is 1. The Kier molecular flexibility index (Phi) is 4.95. The molecule has 4 nitrogen and oxygen atoms in total. The Balaban J connectivity index is 2.08. The normalized spacial score (nSPS) is 10.3. The highest BCUT2D eigenvalue weighted by Crippen LogP contribution is 2.32. The number of rotatable bonds is 4. The molecular weight excluding hydrogens is 396 g/mol. The van der Waals surface area contributed by atoms with E-state index in [0.717, 1.165) is 7.57 Å². The maximum absolute atomic E-state index is 12.0. The van der Waals surface area contributed by atoms with E-state index in [4.69, 9.17) is 4.74 Å². The number of thiophene rings is 1. The van der Waals surface area contributed by atoms with Gasteiger partial charge in [-0.3, -0.25) is 4.79 Å². The van der Waals surface area contributed by atoms with Crippen LogP contribution in [-0.2, 0) is 0 Å². The topological polar surface area (TPSA) is 51.2 Å². The van der Waals surface area contributed by atoms with Crippen LogP contribution in [0.1, 0.15) is 17.3 Å². The van der Waals surface area contributed by atoms with Crippen LogP contribution in [0.5, 0.6) is 5.88 Å². The number of halogens is 2. The van der Waals surface area contributed by atoms with E-state index in [1.807, 2.05) is 6.92 Å². The zero-order valence-electron chi connectivity index (χ0n) is 9.94. The number of hydrogen-bond donors (Lipinski definition) is 1. The first-order chi connectivity index (χ1) is 9.10. The number of ether oxygens (including phenoxy) is 1. The molecule has 0 aliphatic rings. The van der Waals surface area contributed by atoms with Gasteiger partial charge in [-0.05, 0) is 50.9 Å². The van der Waals surface area contributed by atoms with E-state index < -0.39 is 0 Å². The molecule has 7 heteroatoms. The van der Waals surface area contributed by atoms with E-state index in [0.29, 0.717) is 23.7 Å². The van der Waals surface area contributed by atoms with Crippen molar-refractivity contribution >= 4 is 54.8 Å². The van der Waals surface area contributed by atoms with Crippen molar-refractivity contribution in [3.05, 3.63) is 37.5 Å². The predicted octanol–water partition coefficient (Wildman–Crippen LogP) is 4.32. The highest BCUT2D eigenvalue weighted by molar-refractivity contribution is 9.12. The monoisotopic (exact) mass is 404 g/mol. The maximum atomic E-state index is 12.0. The first kappa shape index (κ1) is 14.5. The molecule has 0 radical (unpaired) electrons. The van der Waals surface area contributed by atoms with Gasteiger partial charge in [-0.15, -0.1) is 11.3 Å². The molecule has 0 saturated heterocycles. The number of nitrogens with one attached hydrogen (secondary N) is 1. The van der Waals surface area contributed by atoms with E-state index in [9.17, 15) is 4.79 Å². The zero-order valence-corrected chi connectivity index (χ0v) is 13.9. The van der Waals surface area contributed by atoms with E-state index >= 15 is 0 Å². The molecule has 0 aliphatic carbocycles. The van der Waals surface area contributed by atoms with Gasteiger partial charge in [0.2, 0.25) is 5.88 Å². The second-order valence-electron chi connectivity index (χ2n) is 3.51. The average Bonchev–Trinajstić information content (AvgIpc) is 2.71. The standard InChI is InChI=1S/C12H10Br2N2O2S/c1-2-18-10-4-3-7(6-15-10)16-12(17)8-5-9(13)19-11(8)14/h3-6H,2H2,1H3,(H,16,17). The number of carbonyl (C=O) groups is 1. The second kappa shape index (κ2) is 6.49. The lowest BCUT2D eigenvalue weighted by Gasteiger charge is -2.05. The van der Waals surface area contributed by atoms with E-state index in [1.165, 1.54) is 11.3 Å². The summed E-state index contributed by atoms with van der Waals surface area (Å²) < 4.78 is 6.92. The first-order valence-corrected chi connectivity index (χ1v) is 7.85. The molecule has 0 unspecified atom stereocenters. The Morgan fingerprint density at radius 3 is 2.79 bits per heavy atom. The van der Waals surface area contributed by atoms with Crippen LogP contribution in [0.3, 0.4) is 0 Å². The molecule has 1 amide bonds. The number of amides is 1. The minimum absolute atomic E-state index is 0.181. The Morgan fingerprint density at radius 2 is 2.26 bits per heavy atom. The molecule has 2 heterocycles. The summed E-state index contributed by atoms with van der Waals surface area (Å²) in [5.74, 6) is 0.361. The van der Waals surface area contributed by atoms with Gasteiger partial charge in [-0.25, -0.2) is 4.98 Å². The SMILES string of the molecule is CCOc1ccc(NC(=O)c2cc(Br)sc2Br)cn1. The Morgan fingerprint density at radius 1 is 1.47 bits per heavy atom. The fourth-order valence-electron chi connectivity index (χ4n) is 1.38. The molecule has 2 rings (SSSR count). The summed E-state index contributed by atoms with van der Waals surface area (Å²) in [6.45, 7) is 2.46. The quantitative estimate of drug-likeness (QED) is 0.823. The van der Waals surface area contributed by atoms with E-state index in [2.05, 4.69) is 42.2 Å². The number of aromatic nitrogens is 1. The second-order valence-corrected chi connectivity index (χ2v) is 7.26. The van der Waals surface area contributed by atoms with Crippen molar-refractivity contribution in [3.8, 4) is 5.88 Å². The van der Waals surface area contributed by atoms with Crippen LogP contribution in [0.2, 0.25) is 0 Å². The van der Waals surface area contributed by atoms with Gasteiger partial charge in [-0.1, -0.05) is 0 Å². The van der Waals surface area contributed by atoms with Gasteiger partial charge < -0.3 is 10.1 Å². The van der Waals surface area contributed by atoms with Crippen molar-refractivity contribution < 1.29 is 9.53 Å².